The Hall–Kier alpha value is -2.35. The molecule has 0 aliphatic rings. The summed E-state index contributed by atoms with van der Waals surface area (Å²) in [6, 6.07) is 5.60. The molecule has 2 aromatic rings. The molecule has 0 radical (unpaired) electrons. The van der Waals surface area contributed by atoms with E-state index in [-0.39, 0.29) is 0 Å². The molecule has 5 heteroatoms. The van der Waals surface area contributed by atoms with Gasteiger partial charge in [0.1, 0.15) is 6.07 Å². The Morgan fingerprint density at radius 2 is 2.31 bits per heavy atom. The van der Waals surface area contributed by atoms with Crippen LogP contribution in [0.2, 0.25) is 0 Å². The van der Waals surface area contributed by atoms with Gasteiger partial charge in [-0.25, -0.2) is 9.97 Å². The van der Waals surface area contributed by atoms with E-state index in [2.05, 4.69) is 9.97 Å². The van der Waals surface area contributed by atoms with Crippen LogP contribution in [0.3, 0.4) is 0 Å². The van der Waals surface area contributed by atoms with Crippen LogP contribution in [0, 0.1) is 11.3 Å². The number of nitriles is 1. The summed E-state index contributed by atoms with van der Waals surface area (Å²) >= 11 is 0. The highest BCUT2D eigenvalue weighted by atomic mass is 16.5. The van der Waals surface area contributed by atoms with Crippen LogP contribution in [0.4, 0.5) is 0 Å². The van der Waals surface area contributed by atoms with E-state index in [4.69, 9.17) is 10.00 Å². The molecule has 0 bridgehead atoms. The van der Waals surface area contributed by atoms with Crippen LogP contribution in [0.25, 0.3) is 5.82 Å². The molecule has 0 N–H and O–H groups in total. The zero-order valence-corrected chi connectivity index (χ0v) is 8.79. The number of nitrogens with zero attached hydrogens (tertiary/aromatic N) is 4. The Bertz CT molecular complexity index is 527. The lowest BCUT2D eigenvalue weighted by molar-refractivity contribution is 0.337. The molecule has 0 spiro atoms. The van der Waals surface area contributed by atoms with E-state index in [1.54, 1.807) is 29.2 Å². The first-order valence-corrected chi connectivity index (χ1v) is 4.88. The molecule has 2 aromatic heterocycles. The number of hydrogen-bond donors (Lipinski definition) is 0. The van der Waals surface area contributed by atoms with Gasteiger partial charge in [0.15, 0.2) is 11.6 Å². The second-order valence-electron chi connectivity index (χ2n) is 2.99. The Labute approximate surface area is 92.9 Å². The van der Waals surface area contributed by atoms with Crippen LogP contribution in [-0.2, 0) is 0 Å². The molecule has 0 unspecified atom stereocenters. The van der Waals surface area contributed by atoms with Gasteiger partial charge in [0.25, 0.3) is 0 Å². The zero-order chi connectivity index (χ0) is 11.4. The van der Waals surface area contributed by atoms with Gasteiger partial charge in [-0.1, -0.05) is 0 Å². The minimum atomic E-state index is 0.291. The van der Waals surface area contributed by atoms with E-state index in [0.717, 1.165) is 0 Å². The molecule has 2 rings (SSSR count). The summed E-state index contributed by atoms with van der Waals surface area (Å²) in [6.45, 7) is 2.45. The van der Waals surface area contributed by atoms with E-state index in [9.17, 15) is 0 Å². The molecule has 0 fully saturated rings. The molecule has 80 valence electrons. The molecule has 0 aliphatic carbocycles. The Kier molecular flexibility index (Phi) is 2.83. The summed E-state index contributed by atoms with van der Waals surface area (Å²) in [4.78, 5) is 8.11. The first-order chi connectivity index (χ1) is 7.86. The lowest BCUT2D eigenvalue weighted by Gasteiger charge is -2.09. The van der Waals surface area contributed by atoms with Gasteiger partial charge in [0.2, 0.25) is 5.82 Å². The predicted molar refractivity (Wildman–Crippen MR) is 57.2 cm³/mol. The largest absolute Gasteiger partial charge is 0.490 e. The fourth-order valence-corrected chi connectivity index (χ4v) is 1.39. The molecule has 0 aliphatic heterocycles. The maximum Gasteiger partial charge on any atom is 0.218 e. The van der Waals surface area contributed by atoms with Gasteiger partial charge < -0.3 is 4.74 Å². The van der Waals surface area contributed by atoms with Crippen LogP contribution in [0.5, 0.6) is 5.75 Å². The lowest BCUT2D eigenvalue weighted by atomic mass is 10.4. The number of imidazole rings is 1. The second-order valence-corrected chi connectivity index (χ2v) is 2.99. The Balaban J connectivity index is 2.52. The van der Waals surface area contributed by atoms with Gasteiger partial charge in [-0.2, -0.15) is 5.26 Å². The summed E-state index contributed by atoms with van der Waals surface area (Å²) in [5, 5.41) is 8.89. The number of aromatic nitrogens is 3. The van der Waals surface area contributed by atoms with E-state index >= 15 is 0 Å². The monoisotopic (exact) mass is 214 g/mol. The highest BCUT2D eigenvalue weighted by Gasteiger charge is 2.10. The minimum absolute atomic E-state index is 0.291. The molecule has 5 nitrogen and oxygen atoms in total. The summed E-state index contributed by atoms with van der Waals surface area (Å²) in [6.07, 6.45) is 4.89. The topological polar surface area (TPSA) is 63.7 Å². The van der Waals surface area contributed by atoms with Crippen molar-refractivity contribution in [2.75, 3.05) is 6.61 Å². The zero-order valence-electron chi connectivity index (χ0n) is 8.79. The number of ether oxygens (including phenoxy) is 1. The van der Waals surface area contributed by atoms with Crippen LogP contribution in [0.15, 0.2) is 30.7 Å². The summed E-state index contributed by atoms with van der Waals surface area (Å²) in [5.41, 5.74) is 0. The van der Waals surface area contributed by atoms with Crippen molar-refractivity contribution < 1.29 is 4.74 Å². The minimum Gasteiger partial charge on any atom is -0.490 e. The quantitative estimate of drug-likeness (QED) is 0.777. The number of hydrogen-bond acceptors (Lipinski definition) is 4. The van der Waals surface area contributed by atoms with Gasteiger partial charge in [-0.05, 0) is 19.1 Å². The number of pyridine rings is 1. The highest BCUT2D eigenvalue weighted by molar-refractivity contribution is 5.42. The van der Waals surface area contributed by atoms with E-state index in [1.165, 1.54) is 0 Å². The Morgan fingerprint density at radius 1 is 1.44 bits per heavy atom. The van der Waals surface area contributed by atoms with Crippen molar-refractivity contribution in [3.8, 4) is 17.6 Å². The standard InChI is InChI=1S/C11H10N4O/c1-2-16-9-4-3-5-14-11(9)15-7-6-13-10(15)8-12/h3-7H,2H2,1H3. The van der Waals surface area contributed by atoms with Crippen molar-refractivity contribution in [1.82, 2.24) is 14.5 Å². The molecule has 0 saturated carbocycles. The van der Waals surface area contributed by atoms with Crippen molar-refractivity contribution in [1.29, 1.82) is 5.26 Å². The molecular weight excluding hydrogens is 204 g/mol. The highest BCUT2D eigenvalue weighted by Crippen LogP contribution is 2.20. The average Bonchev–Trinajstić information content (AvgIpc) is 2.78. The molecule has 0 amide bonds. The first-order valence-electron chi connectivity index (χ1n) is 4.88. The third-order valence-electron chi connectivity index (χ3n) is 2.02. The molecule has 0 atom stereocenters. The predicted octanol–water partition coefficient (Wildman–Crippen LogP) is 1.54. The van der Waals surface area contributed by atoms with Crippen LogP contribution >= 0.6 is 0 Å². The van der Waals surface area contributed by atoms with Gasteiger partial charge in [0.05, 0.1) is 6.61 Å². The van der Waals surface area contributed by atoms with Crippen molar-refractivity contribution in [3.63, 3.8) is 0 Å². The lowest BCUT2D eigenvalue weighted by Crippen LogP contribution is -2.03. The maximum atomic E-state index is 8.89. The van der Waals surface area contributed by atoms with Crippen molar-refractivity contribution in [3.05, 3.63) is 36.5 Å². The normalized spacial score (nSPS) is 9.75. The van der Waals surface area contributed by atoms with Crippen molar-refractivity contribution in [2.24, 2.45) is 0 Å². The maximum absolute atomic E-state index is 8.89. The van der Waals surface area contributed by atoms with Crippen molar-refractivity contribution in [2.45, 2.75) is 6.92 Å². The molecular formula is C11H10N4O. The molecule has 0 saturated heterocycles. The molecule has 2 heterocycles. The van der Waals surface area contributed by atoms with E-state index < -0.39 is 0 Å². The van der Waals surface area contributed by atoms with E-state index in [1.807, 2.05) is 19.1 Å². The number of rotatable bonds is 3. The SMILES string of the molecule is CCOc1cccnc1-n1ccnc1C#N. The summed E-state index contributed by atoms with van der Waals surface area (Å²) < 4.78 is 7.04. The second kappa shape index (κ2) is 4.45. The smallest absolute Gasteiger partial charge is 0.218 e. The third-order valence-corrected chi connectivity index (χ3v) is 2.02. The van der Waals surface area contributed by atoms with Gasteiger partial charge in [-0.3, -0.25) is 4.57 Å². The Morgan fingerprint density at radius 3 is 3.06 bits per heavy atom. The first kappa shape index (κ1) is 10.2. The fourth-order valence-electron chi connectivity index (χ4n) is 1.39. The van der Waals surface area contributed by atoms with Gasteiger partial charge in [-0.15, -0.1) is 0 Å². The molecule has 0 aromatic carbocycles. The third kappa shape index (κ3) is 1.73. The fraction of sp³-hybridized carbons (Fsp3) is 0.182. The van der Waals surface area contributed by atoms with Crippen LogP contribution in [0.1, 0.15) is 12.7 Å². The average molecular weight is 214 g/mol. The van der Waals surface area contributed by atoms with Gasteiger partial charge >= 0.3 is 0 Å². The molecule has 16 heavy (non-hydrogen) atoms. The summed E-state index contributed by atoms with van der Waals surface area (Å²) in [5.74, 6) is 1.51. The summed E-state index contributed by atoms with van der Waals surface area (Å²) in [7, 11) is 0. The van der Waals surface area contributed by atoms with E-state index in [0.29, 0.717) is 24.0 Å². The van der Waals surface area contributed by atoms with Crippen molar-refractivity contribution >= 4 is 0 Å². The van der Waals surface area contributed by atoms with Crippen LogP contribution < -0.4 is 4.74 Å². The van der Waals surface area contributed by atoms with Crippen LogP contribution in [-0.4, -0.2) is 21.1 Å². The van der Waals surface area contributed by atoms with Gasteiger partial charge in [0, 0.05) is 18.6 Å².